The van der Waals surface area contributed by atoms with Gasteiger partial charge < -0.3 is 0 Å². The standard InChI is InChI=1S/C11H13ClN2O2S/c1-7(2)14-8(3)11-9(13-14)5-4-6-10(11)17(12,15)16/h4-7H,1-3H3. The highest BCUT2D eigenvalue weighted by Gasteiger charge is 2.19. The molecule has 0 aliphatic carbocycles. The minimum atomic E-state index is -3.75. The van der Waals surface area contributed by atoms with Crippen molar-refractivity contribution in [2.75, 3.05) is 0 Å². The summed E-state index contributed by atoms with van der Waals surface area (Å²) in [4.78, 5) is 0.126. The molecular formula is C11H13ClN2O2S. The predicted octanol–water partition coefficient (Wildman–Crippen LogP) is 2.85. The van der Waals surface area contributed by atoms with Crippen molar-refractivity contribution < 1.29 is 8.42 Å². The van der Waals surface area contributed by atoms with Gasteiger partial charge in [-0.15, -0.1) is 0 Å². The van der Waals surface area contributed by atoms with Gasteiger partial charge in [-0.3, -0.25) is 4.68 Å². The van der Waals surface area contributed by atoms with Crippen molar-refractivity contribution in [3.8, 4) is 0 Å². The van der Waals surface area contributed by atoms with Gasteiger partial charge in [0.05, 0.1) is 10.4 Å². The highest BCUT2D eigenvalue weighted by Crippen LogP contribution is 2.29. The minimum absolute atomic E-state index is 0.126. The van der Waals surface area contributed by atoms with Gasteiger partial charge in [-0.05, 0) is 32.9 Å². The number of hydrogen-bond donors (Lipinski definition) is 0. The first-order chi connectivity index (χ1) is 7.82. The van der Waals surface area contributed by atoms with Crippen molar-refractivity contribution in [1.82, 2.24) is 9.78 Å². The summed E-state index contributed by atoms with van der Waals surface area (Å²) in [6.45, 7) is 5.84. The lowest BCUT2D eigenvalue weighted by atomic mass is 10.2. The molecule has 1 aromatic heterocycles. The van der Waals surface area contributed by atoms with Crippen molar-refractivity contribution >= 4 is 30.6 Å². The predicted molar refractivity (Wildman–Crippen MR) is 67.9 cm³/mol. The maximum absolute atomic E-state index is 11.5. The van der Waals surface area contributed by atoms with E-state index in [1.54, 1.807) is 16.8 Å². The van der Waals surface area contributed by atoms with Crippen molar-refractivity contribution in [3.63, 3.8) is 0 Å². The van der Waals surface area contributed by atoms with E-state index in [1.165, 1.54) is 6.07 Å². The maximum atomic E-state index is 11.5. The summed E-state index contributed by atoms with van der Waals surface area (Å²) in [5.41, 5.74) is 1.47. The first-order valence-electron chi connectivity index (χ1n) is 5.25. The van der Waals surface area contributed by atoms with E-state index in [-0.39, 0.29) is 10.9 Å². The minimum Gasteiger partial charge on any atom is -0.266 e. The molecule has 0 N–H and O–H groups in total. The van der Waals surface area contributed by atoms with Crippen LogP contribution in [-0.4, -0.2) is 18.2 Å². The molecule has 0 saturated carbocycles. The molecule has 0 fully saturated rings. The van der Waals surface area contributed by atoms with Crippen LogP contribution in [0.25, 0.3) is 10.9 Å². The monoisotopic (exact) mass is 272 g/mol. The van der Waals surface area contributed by atoms with Crippen LogP contribution in [0.15, 0.2) is 23.1 Å². The average molecular weight is 273 g/mol. The van der Waals surface area contributed by atoms with Gasteiger partial charge >= 0.3 is 0 Å². The Bertz CT molecular complexity index is 674. The van der Waals surface area contributed by atoms with E-state index in [4.69, 9.17) is 10.7 Å². The second kappa shape index (κ2) is 3.99. The zero-order valence-electron chi connectivity index (χ0n) is 9.81. The Labute approximate surface area is 105 Å². The van der Waals surface area contributed by atoms with Gasteiger partial charge in [0.1, 0.15) is 0 Å². The second-order valence-corrected chi connectivity index (χ2v) is 6.75. The van der Waals surface area contributed by atoms with Crippen LogP contribution in [0.4, 0.5) is 0 Å². The lowest BCUT2D eigenvalue weighted by molar-refractivity contribution is 0.524. The first-order valence-corrected chi connectivity index (χ1v) is 7.56. The van der Waals surface area contributed by atoms with Crippen LogP contribution in [0.2, 0.25) is 0 Å². The molecule has 0 unspecified atom stereocenters. The molecule has 0 aliphatic rings. The quantitative estimate of drug-likeness (QED) is 0.790. The molecule has 0 aliphatic heterocycles. The van der Waals surface area contributed by atoms with Crippen LogP contribution in [0.3, 0.4) is 0 Å². The molecule has 4 nitrogen and oxygen atoms in total. The Morgan fingerprint density at radius 2 is 2.00 bits per heavy atom. The van der Waals surface area contributed by atoms with E-state index in [0.717, 1.165) is 5.69 Å². The molecule has 2 rings (SSSR count). The number of nitrogens with zero attached hydrogens (tertiary/aromatic N) is 2. The van der Waals surface area contributed by atoms with Gasteiger partial charge in [-0.2, -0.15) is 5.10 Å². The maximum Gasteiger partial charge on any atom is 0.262 e. The Hall–Kier alpha value is -1.07. The van der Waals surface area contributed by atoms with Crippen LogP contribution in [-0.2, 0) is 9.05 Å². The number of aryl methyl sites for hydroxylation is 1. The second-order valence-electron chi connectivity index (χ2n) is 4.21. The topological polar surface area (TPSA) is 52.0 Å². The summed E-state index contributed by atoms with van der Waals surface area (Å²) in [7, 11) is 1.69. The highest BCUT2D eigenvalue weighted by atomic mass is 35.7. The summed E-state index contributed by atoms with van der Waals surface area (Å²) in [5, 5.41) is 4.99. The smallest absolute Gasteiger partial charge is 0.262 e. The van der Waals surface area contributed by atoms with Crippen LogP contribution in [0.1, 0.15) is 25.6 Å². The molecule has 0 bridgehead atoms. The lowest BCUT2D eigenvalue weighted by Gasteiger charge is -2.07. The van der Waals surface area contributed by atoms with Gasteiger partial charge in [-0.25, -0.2) is 8.42 Å². The van der Waals surface area contributed by atoms with Crippen LogP contribution >= 0.6 is 10.7 Å². The fraction of sp³-hybridized carbons (Fsp3) is 0.364. The van der Waals surface area contributed by atoms with Crippen molar-refractivity contribution in [3.05, 3.63) is 23.9 Å². The molecule has 2 aromatic rings. The number of benzene rings is 1. The van der Waals surface area contributed by atoms with Crippen LogP contribution in [0, 0.1) is 6.92 Å². The Balaban J connectivity index is 2.90. The summed E-state index contributed by atoms with van der Waals surface area (Å²) in [6.07, 6.45) is 0. The molecule has 1 heterocycles. The van der Waals surface area contributed by atoms with Crippen LogP contribution in [0.5, 0.6) is 0 Å². The molecule has 0 atom stereocenters. The average Bonchev–Trinajstić information content (AvgIpc) is 2.55. The summed E-state index contributed by atoms with van der Waals surface area (Å²) < 4.78 is 24.8. The third-order valence-electron chi connectivity index (χ3n) is 2.68. The lowest BCUT2D eigenvalue weighted by Crippen LogP contribution is -2.04. The van der Waals surface area contributed by atoms with Gasteiger partial charge in [0, 0.05) is 27.8 Å². The Morgan fingerprint density at radius 3 is 2.53 bits per heavy atom. The number of aromatic nitrogens is 2. The van der Waals surface area contributed by atoms with Crippen molar-refractivity contribution in [1.29, 1.82) is 0 Å². The number of fused-ring (bicyclic) bond motifs is 1. The summed E-state index contributed by atoms with van der Waals surface area (Å²) >= 11 is 0. The van der Waals surface area contributed by atoms with Gasteiger partial charge in [0.2, 0.25) is 0 Å². The van der Waals surface area contributed by atoms with E-state index in [9.17, 15) is 8.42 Å². The van der Waals surface area contributed by atoms with E-state index < -0.39 is 9.05 Å². The van der Waals surface area contributed by atoms with Gasteiger partial charge in [0.15, 0.2) is 0 Å². The molecule has 0 spiro atoms. The highest BCUT2D eigenvalue weighted by molar-refractivity contribution is 8.14. The Morgan fingerprint density at radius 1 is 1.35 bits per heavy atom. The Kier molecular flexibility index (Phi) is 2.91. The molecule has 17 heavy (non-hydrogen) atoms. The third-order valence-corrected chi connectivity index (χ3v) is 4.04. The van der Waals surface area contributed by atoms with E-state index in [1.807, 2.05) is 20.8 Å². The number of rotatable bonds is 2. The summed E-state index contributed by atoms with van der Waals surface area (Å²) in [6, 6.07) is 5.11. The molecule has 6 heteroatoms. The van der Waals surface area contributed by atoms with E-state index >= 15 is 0 Å². The number of hydrogen-bond acceptors (Lipinski definition) is 3. The molecule has 1 aromatic carbocycles. The molecule has 0 amide bonds. The third kappa shape index (κ3) is 2.05. The zero-order valence-corrected chi connectivity index (χ0v) is 11.4. The normalized spacial score (nSPS) is 12.5. The molecule has 0 saturated heterocycles. The zero-order chi connectivity index (χ0) is 12.8. The molecule has 0 radical (unpaired) electrons. The van der Waals surface area contributed by atoms with Crippen LogP contribution < -0.4 is 0 Å². The van der Waals surface area contributed by atoms with Crippen molar-refractivity contribution in [2.24, 2.45) is 0 Å². The number of halogens is 1. The molecular weight excluding hydrogens is 260 g/mol. The fourth-order valence-corrected chi connectivity index (χ4v) is 3.10. The SMILES string of the molecule is Cc1c2c(S(=O)(=O)Cl)cccc2nn1C(C)C. The van der Waals surface area contributed by atoms with E-state index in [0.29, 0.717) is 10.9 Å². The fourth-order valence-electron chi connectivity index (χ4n) is 1.98. The van der Waals surface area contributed by atoms with Gasteiger partial charge in [0.25, 0.3) is 9.05 Å². The van der Waals surface area contributed by atoms with Crippen molar-refractivity contribution in [2.45, 2.75) is 31.7 Å². The summed E-state index contributed by atoms with van der Waals surface area (Å²) in [5.74, 6) is 0. The first kappa shape index (κ1) is 12.4. The molecule has 92 valence electrons. The largest absolute Gasteiger partial charge is 0.266 e. The van der Waals surface area contributed by atoms with E-state index in [2.05, 4.69) is 5.10 Å². The van der Waals surface area contributed by atoms with Gasteiger partial charge in [-0.1, -0.05) is 6.07 Å².